The lowest BCUT2D eigenvalue weighted by Gasteiger charge is -2.23. The van der Waals surface area contributed by atoms with E-state index < -0.39 is 0 Å². The third kappa shape index (κ3) is 2.51. The van der Waals surface area contributed by atoms with Crippen LogP contribution in [0.3, 0.4) is 0 Å². The molecule has 1 atom stereocenters. The number of hydrogen-bond donors (Lipinski definition) is 2. The van der Waals surface area contributed by atoms with E-state index in [0.29, 0.717) is 17.3 Å². The number of fused-ring (bicyclic) bond motifs is 1. The van der Waals surface area contributed by atoms with Crippen molar-refractivity contribution in [3.05, 3.63) is 70.7 Å². The molecular weight excluding hydrogens is 310 g/mol. The standard InChI is InChI=1S/C18H14ClN3O/c19-13-8-4-7-12(9-13)14-10-15(23)20-18-16(14)17(21-22-18)11-5-2-1-3-6-11/h1-9,14H,10H2,(H2,20,21,22,23)/t14-/m0/s1. The topological polar surface area (TPSA) is 57.8 Å². The number of nitrogens with one attached hydrogen (secondary N) is 2. The highest BCUT2D eigenvalue weighted by Crippen LogP contribution is 2.41. The van der Waals surface area contributed by atoms with Gasteiger partial charge in [-0.2, -0.15) is 5.10 Å². The van der Waals surface area contributed by atoms with Crippen LogP contribution in [-0.2, 0) is 4.79 Å². The second kappa shape index (κ2) is 5.56. The first-order valence-corrected chi connectivity index (χ1v) is 7.79. The van der Waals surface area contributed by atoms with Gasteiger partial charge in [0.1, 0.15) is 0 Å². The first-order chi connectivity index (χ1) is 11.2. The predicted octanol–water partition coefficient (Wildman–Crippen LogP) is 4.20. The Morgan fingerprint density at radius 3 is 2.70 bits per heavy atom. The molecule has 1 aliphatic heterocycles. The van der Waals surface area contributed by atoms with E-state index in [1.165, 1.54) is 0 Å². The lowest BCUT2D eigenvalue weighted by molar-refractivity contribution is -0.116. The highest BCUT2D eigenvalue weighted by molar-refractivity contribution is 6.30. The Morgan fingerprint density at radius 2 is 1.91 bits per heavy atom. The average Bonchev–Trinajstić information content (AvgIpc) is 2.98. The molecule has 0 saturated heterocycles. The predicted molar refractivity (Wildman–Crippen MR) is 90.6 cm³/mol. The van der Waals surface area contributed by atoms with Crippen molar-refractivity contribution in [2.24, 2.45) is 0 Å². The maximum Gasteiger partial charge on any atom is 0.226 e. The fourth-order valence-electron chi connectivity index (χ4n) is 3.09. The van der Waals surface area contributed by atoms with Gasteiger partial charge in [-0.1, -0.05) is 54.1 Å². The Balaban J connectivity index is 1.88. The molecule has 1 aromatic heterocycles. The smallest absolute Gasteiger partial charge is 0.226 e. The van der Waals surface area contributed by atoms with E-state index in [0.717, 1.165) is 22.4 Å². The summed E-state index contributed by atoms with van der Waals surface area (Å²) in [5, 5.41) is 10.9. The second-order valence-corrected chi connectivity index (χ2v) is 6.02. The van der Waals surface area contributed by atoms with Crippen molar-refractivity contribution < 1.29 is 4.79 Å². The molecule has 0 bridgehead atoms. The molecule has 0 spiro atoms. The van der Waals surface area contributed by atoms with Gasteiger partial charge in [-0.15, -0.1) is 0 Å². The summed E-state index contributed by atoms with van der Waals surface area (Å²) in [4.78, 5) is 12.0. The van der Waals surface area contributed by atoms with E-state index in [4.69, 9.17) is 11.6 Å². The minimum absolute atomic E-state index is 0.0337. The molecular formula is C18H14ClN3O. The largest absolute Gasteiger partial charge is 0.309 e. The van der Waals surface area contributed by atoms with Crippen LogP contribution in [0.1, 0.15) is 23.5 Å². The second-order valence-electron chi connectivity index (χ2n) is 5.59. The SMILES string of the molecule is O=C1C[C@@H](c2cccc(Cl)c2)c2c(n[nH]c2-c2ccccc2)N1. The van der Waals surface area contributed by atoms with Crippen molar-refractivity contribution in [1.82, 2.24) is 10.2 Å². The third-order valence-corrected chi connectivity index (χ3v) is 4.35. The Kier molecular flexibility index (Phi) is 3.39. The summed E-state index contributed by atoms with van der Waals surface area (Å²) in [6.07, 6.45) is 0.382. The van der Waals surface area contributed by atoms with Crippen molar-refractivity contribution in [2.45, 2.75) is 12.3 Å². The number of rotatable bonds is 2. The molecule has 114 valence electrons. The molecule has 1 amide bonds. The number of H-pyrrole nitrogens is 1. The molecule has 2 N–H and O–H groups in total. The molecule has 1 aliphatic rings. The van der Waals surface area contributed by atoms with Crippen LogP contribution in [0.5, 0.6) is 0 Å². The van der Waals surface area contributed by atoms with Crippen molar-refractivity contribution in [3.63, 3.8) is 0 Å². The number of anilines is 1. The van der Waals surface area contributed by atoms with Crippen LogP contribution in [-0.4, -0.2) is 16.1 Å². The summed E-state index contributed by atoms with van der Waals surface area (Å²) in [7, 11) is 0. The van der Waals surface area contributed by atoms with Crippen molar-refractivity contribution in [2.75, 3.05) is 5.32 Å². The molecule has 4 rings (SSSR count). The molecule has 2 heterocycles. The molecule has 0 unspecified atom stereocenters. The lowest BCUT2D eigenvalue weighted by Crippen LogP contribution is -2.23. The number of nitrogens with zero attached hydrogens (tertiary/aromatic N) is 1. The van der Waals surface area contributed by atoms with Gasteiger partial charge >= 0.3 is 0 Å². The van der Waals surface area contributed by atoms with E-state index in [-0.39, 0.29) is 11.8 Å². The van der Waals surface area contributed by atoms with Crippen LogP contribution < -0.4 is 5.32 Å². The average molecular weight is 324 g/mol. The monoisotopic (exact) mass is 323 g/mol. The Bertz CT molecular complexity index is 873. The zero-order valence-electron chi connectivity index (χ0n) is 12.2. The van der Waals surface area contributed by atoms with E-state index in [2.05, 4.69) is 15.5 Å². The minimum Gasteiger partial charge on any atom is -0.309 e. The van der Waals surface area contributed by atoms with E-state index in [9.17, 15) is 4.79 Å². The number of hydrogen-bond acceptors (Lipinski definition) is 2. The number of carbonyl (C=O) groups is 1. The van der Waals surface area contributed by atoms with Crippen LogP contribution in [0.15, 0.2) is 54.6 Å². The number of amides is 1. The molecule has 0 fully saturated rings. The van der Waals surface area contributed by atoms with Gasteiger partial charge in [0.2, 0.25) is 5.91 Å². The molecule has 2 aromatic carbocycles. The van der Waals surface area contributed by atoms with Crippen LogP contribution in [0, 0.1) is 0 Å². The summed E-state index contributed by atoms with van der Waals surface area (Å²) in [5.74, 6) is 0.505. The summed E-state index contributed by atoms with van der Waals surface area (Å²) >= 11 is 6.13. The van der Waals surface area contributed by atoms with Gasteiger partial charge in [-0.3, -0.25) is 9.89 Å². The van der Waals surface area contributed by atoms with Gasteiger partial charge in [-0.25, -0.2) is 0 Å². The van der Waals surface area contributed by atoms with Crippen molar-refractivity contribution >= 4 is 23.3 Å². The van der Waals surface area contributed by atoms with Gasteiger partial charge in [0, 0.05) is 22.9 Å². The van der Waals surface area contributed by atoms with Crippen molar-refractivity contribution in [1.29, 1.82) is 0 Å². The highest BCUT2D eigenvalue weighted by atomic mass is 35.5. The quantitative estimate of drug-likeness (QED) is 0.742. The molecule has 0 aliphatic carbocycles. The van der Waals surface area contributed by atoms with Crippen LogP contribution >= 0.6 is 11.6 Å². The summed E-state index contributed by atoms with van der Waals surface area (Å²) in [6, 6.07) is 17.7. The zero-order valence-corrected chi connectivity index (χ0v) is 13.0. The molecule has 23 heavy (non-hydrogen) atoms. The van der Waals surface area contributed by atoms with E-state index >= 15 is 0 Å². The minimum atomic E-state index is -0.0635. The van der Waals surface area contributed by atoms with Gasteiger partial charge in [0.05, 0.1) is 5.69 Å². The van der Waals surface area contributed by atoms with Crippen LogP contribution in [0.2, 0.25) is 5.02 Å². The normalized spacial score (nSPS) is 16.7. The van der Waals surface area contributed by atoms with E-state index in [1.54, 1.807) is 0 Å². The van der Waals surface area contributed by atoms with Gasteiger partial charge in [0.25, 0.3) is 0 Å². The van der Waals surface area contributed by atoms with Crippen LogP contribution in [0.4, 0.5) is 5.82 Å². The third-order valence-electron chi connectivity index (χ3n) is 4.11. The first kappa shape index (κ1) is 14.0. The lowest BCUT2D eigenvalue weighted by atomic mass is 9.84. The van der Waals surface area contributed by atoms with Gasteiger partial charge < -0.3 is 5.32 Å². The maximum atomic E-state index is 12.0. The zero-order chi connectivity index (χ0) is 15.8. The fraction of sp³-hybridized carbons (Fsp3) is 0.111. The number of benzene rings is 2. The number of aromatic amines is 1. The Labute approximate surface area is 138 Å². The van der Waals surface area contributed by atoms with Crippen molar-refractivity contribution in [3.8, 4) is 11.3 Å². The summed E-state index contributed by atoms with van der Waals surface area (Å²) < 4.78 is 0. The van der Waals surface area contributed by atoms with Gasteiger partial charge in [-0.05, 0) is 23.3 Å². The Morgan fingerprint density at radius 1 is 1.09 bits per heavy atom. The molecule has 3 aromatic rings. The molecule has 5 heteroatoms. The molecule has 0 radical (unpaired) electrons. The Hall–Kier alpha value is -2.59. The summed E-state index contributed by atoms with van der Waals surface area (Å²) in [5.41, 5.74) is 4.01. The molecule has 0 saturated carbocycles. The number of carbonyl (C=O) groups excluding carboxylic acids is 1. The maximum absolute atomic E-state index is 12.0. The van der Waals surface area contributed by atoms with Crippen LogP contribution in [0.25, 0.3) is 11.3 Å². The highest BCUT2D eigenvalue weighted by Gasteiger charge is 2.31. The molecule has 4 nitrogen and oxygen atoms in total. The summed E-state index contributed by atoms with van der Waals surface area (Å²) in [6.45, 7) is 0. The van der Waals surface area contributed by atoms with Gasteiger partial charge in [0.15, 0.2) is 5.82 Å². The number of aromatic nitrogens is 2. The fourth-order valence-corrected chi connectivity index (χ4v) is 3.29. The van der Waals surface area contributed by atoms with E-state index in [1.807, 2.05) is 54.6 Å². The number of halogens is 1. The first-order valence-electron chi connectivity index (χ1n) is 7.41.